The molecule has 0 radical (unpaired) electrons. The molecule has 2 aromatic heterocycles. The summed E-state index contributed by atoms with van der Waals surface area (Å²) in [6.45, 7) is 7.52. The molecule has 1 aliphatic carbocycles. The fourth-order valence-corrected chi connectivity index (χ4v) is 6.59. The number of anilines is 1. The van der Waals surface area contributed by atoms with E-state index < -0.39 is 0 Å². The third-order valence-corrected chi connectivity index (χ3v) is 7.84. The molecule has 156 valence electrons. The number of rotatable bonds is 2. The van der Waals surface area contributed by atoms with E-state index in [0.29, 0.717) is 12.2 Å². The zero-order valence-corrected chi connectivity index (χ0v) is 19.0. The molecule has 1 aliphatic heterocycles. The first kappa shape index (κ1) is 18.9. The van der Waals surface area contributed by atoms with Crippen LogP contribution in [0.15, 0.2) is 65.2 Å². The van der Waals surface area contributed by atoms with Crippen molar-refractivity contribution in [1.29, 1.82) is 0 Å². The largest absolute Gasteiger partial charge is 0.358 e. The van der Waals surface area contributed by atoms with Crippen molar-refractivity contribution in [2.75, 3.05) is 5.32 Å². The summed E-state index contributed by atoms with van der Waals surface area (Å²) in [6, 6.07) is 17.4. The summed E-state index contributed by atoms with van der Waals surface area (Å²) in [5, 5.41) is 8.40. The fourth-order valence-electron chi connectivity index (χ4n) is 5.74. The number of allylic oxidation sites excluding steroid dienone is 2. The number of hydrogen-bond donors (Lipinski definition) is 1. The zero-order chi connectivity index (χ0) is 21.3. The minimum Gasteiger partial charge on any atom is -0.358 e. The molecule has 0 saturated carbocycles. The molecule has 0 spiro atoms. The Morgan fingerprint density at radius 2 is 1.90 bits per heavy atom. The molecule has 3 nitrogen and oxygen atoms in total. The van der Waals surface area contributed by atoms with Gasteiger partial charge in [-0.2, -0.15) is 0 Å². The van der Waals surface area contributed by atoms with Crippen molar-refractivity contribution in [2.45, 2.75) is 46.1 Å². The fraction of sp³-hybridized carbons (Fsp3) is 0.296. The highest BCUT2D eigenvalue weighted by atomic mass is 32.1. The van der Waals surface area contributed by atoms with Crippen LogP contribution < -0.4 is 5.32 Å². The lowest BCUT2D eigenvalue weighted by molar-refractivity contribution is -0.118. The van der Waals surface area contributed by atoms with E-state index in [0.717, 1.165) is 29.9 Å². The van der Waals surface area contributed by atoms with Crippen molar-refractivity contribution in [1.82, 2.24) is 4.57 Å². The molecule has 31 heavy (non-hydrogen) atoms. The van der Waals surface area contributed by atoms with Gasteiger partial charge in [0.15, 0.2) is 5.78 Å². The molecule has 0 saturated heterocycles. The predicted molar refractivity (Wildman–Crippen MR) is 130 cm³/mol. The highest BCUT2D eigenvalue weighted by molar-refractivity contribution is 7.10. The molecule has 4 heteroatoms. The lowest BCUT2D eigenvalue weighted by atomic mass is 9.69. The second-order valence-corrected chi connectivity index (χ2v) is 10.6. The summed E-state index contributed by atoms with van der Waals surface area (Å²) < 4.78 is 2.39. The number of carbonyl (C=O) groups is 1. The molecule has 4 aromatic rings. The van der Waals surface area contributed by atoms with Crippen LogP contribution in [0.3, 0.4) is 0 Å². The highest BCUT2D eigenvalue weighted by Crippen LogP contribution is 2.52. The van der Waals surface area contributed by atoms with Gasteiger partial charge in [0.1, 0.15) is 0 Å². The van der Waals surface area contributed by atoms with Gasteiger partial charge in [-0.1, -0.05) is 38.1 Å². The molecule has 0 amide bonds. The molecule has 1 N–H and O–H groups in total. The molecule has 6 rings (SSSR count). The van der Waals surface area contributed by atoms with E-state index in [9.17, 15) is 4.79 Å². The number of nitrogens with one attached hydrogen (secondary N) is 1. The average molecular weight is 427 g/mol. The van der Waals surface area contributed by atoms with Crippen LogP contribution in [0, 0.1) is 5.41 Å². The molecule has 2 aromatic carbocycles. The number of aryl methyl sites for hydroxylation is 1. The first-order chi connectivity index (χ1) is 15.0. The SMILES string of the molecule is CCn1c2ccccc2c2c3c(ccc21)NC1=C(C(=O)CC(C)(C)C1)C3c1cccs1. The van der Waals surface area contributed by atoms with Crippen LogP contribution >= 0.6 is 11.3 Å². The van der Waals surface area contributed by atoms with Crippen molar-refractivity contribution >= 4 is 44.6 Å². The molecule has 0 fully saturated rings. The normalized spacial score (nSPS) is 20.1. The Morgan fingerprint density at radius 1 is 1.06 bits per heavy atom. The van der Waals surface area contributed by atoms with Crippen LogP contribution in [-0.4, -0.2) is 10.4 Å². The van der Waals surface area contributed by atoms with Gasteiger partial charge >= 0.3 is 0 Å². The van der Waals surface area contributed by atoms with E-state index in [-0.39, 0.29) is 11.3 Å². The number of carbonyl (C=O) groups excluding carboxylic acids is 1. The molecule has 1 unspecified atom stereocenters. The number of Topliss-reactive ketones (excluding diaryl/α,β-unsaturated/α-hetero) is 1. The number of fused-ring (bicyclic) bond motifs is 5. The maximum Gasteiger partial charge on any atom is 0.162 e. The van der Waals surface area contributed by atoms with Crippen molar-refractivity contribution in [2.24, 2.45) is 5.41 Å². The van der Waals surface area contributed by atoms with E-state index in [4.69, 9.17) is 0 Å². The molecular weight excluding hydrogens is 400 g/mol. The monoisotopic (exact) mass is 426 g/mol. The van der Waals surface area contributed by atoms with Crippen LogP contribution in [0.1, 0.15) is 50.0 Å². The number of nitrogens with zero attached hydrogens (tertiary/aromatic N) is 1. The minimum atomic E-state index is -0.0112. The third kappa shape index (κ3) is 2.67. The predicted octanol–water partition coefficient (Wildman–Crippen LogP) is 7.08. The zero-order valence-electron chi connectivity index (χ0n) is 18.2. The summed E-state index contributed by atoms with van der Waals surface area (Å²) >= 11 is 1.76. The first-order valence-electron chi connectivity index (χ1n) is 11.1. The van der Waals surface area contributed by atoms with Crippen LogP contribution in [0.2, 0.25) is 0 Å². The number of hydrogen-bond acceptors (Lipinski definition) is 3. The summed E-state index contributed by atoms with van der Waals surface area (Å²) in [6.07, 6.45) is 1.52. The smallest absolute Gasteiger partial charge is 0.162 e. The van der Waals surface area contributed by atoms with Crippen LogP contribution in [-0.2, 0) is 11.3 Å². The summed E-state index contributed by atoms with van der Waals surface area (Å²) in [4.78, 5) is 14.8. The van der Waals surface area contributed by atoms with Gasteiger partial charge in [-0.3, -0.25) is 4.79 Å². The maximum absolute atomic E-state index is 13.5. The second kappa shape index (κ2) is 6.57. The Balaban J connectivity index is 1.73. The van der Waals surface area contributed by atoms with Crippen LogP contribution in [0.25, 0.3) is 21.8 Å². The van der Waals surface area contributed by atoms with Gasteiger partial charge in [0, 0.05) is 56.6 Å². The Hall–Kier alpha value is -2.85. The van der Waals surface area contributed by atoms with E-state index >= 15 is 0 Å². The van der Waals surface area contributed by atoms with Gasteiger partial charge in [0.2, 0.25) is 0 Å². The van der Waals surface area contributed by atoms with Crippen LogP contribution in [0.5, 0.6) is 0 Å². The Kier molecular flexibility index (Phi) is 4.00. The number of ketones is 1. The quantitative estimate of drug-likeness (QED) is 0.372. The number of benzene rings is 2. The lowest BCUT2D eigenvalue weighted by Gasteiger charge is -2.39. The third-order valence-electron chi connectivity index (χ3n) is 6.91. The van der Waals surface area contributed by atoms with Gasteiger partial charge < -0.3 is 9.88 Å². The topological polar surface area (TPSA) is 34.0 Å². The summed E-state index contributed by atoms with van der Waals surface area (Å²) in [7, 11) is 0. The molecule has 2 aliphatic rings. The molecule has 0 bridgehead atoms. The van der Waals surface area contributed by atoms with Gasteiger partial charge in [-0.25, -0.2) is 0 Å². The Morgan fingerprint density at radius 3 is 2.68 bits per heavy atom. The van der Waals surface area contributed by atoms with Crippen molar-refractivity contribution in [3.63, 3.8) is 0 Å². The van der Waals surface area contributed by atoms with Gasteiger partial charge in [-0.15, -0.1) is 11.3 Å². The number of thiophene rings is 1. The molecular formula is C27H26N2OS. The average Bonchev–Trinajstić information content (AvgIpc) is 3.37. The van der Waals surface area contributed by atoms with E-state index in [2.05, 4.69) is 84.6 Å². The molecule has 3 heterocycles. The summed E-state index contributed by atoms with van der Waals surface area (Å²) in [5.41, 5.74) is 7.00. The number of para-hydroxylation sites is 1. The Labute approximate surface area is 186 Å². The standard InChI is InChI=1S/C27H26N2OS/c1-4-29-19-9-6-5-8-16(19)23-20(29)12-11-17-25(23)26(22-10-7-13-31-22)24-18(28-17)14-27(2,3)15-21(24)30/h5-13,26,28H,4,14-15H2,1-3H3. The Bertz CT molecular complexity index is 1390. The number of aromatic nitrogens is 1. The van der Waals surface area contributed by atoms with E-state index in [1.54, 1.807) is 11.3 Å². The first-order valence-corrected chi connectivity index (χ1v) is 12.0. The van der Waals surface area contributed by atoms with Crippen molar-refractivity contribution in [3.05, 3.63) is 75.6 Å². The van der Waals surface area contributed by atoms with Gasteiger partial charge in [0.25, 0.3) is 0 Å². The lowest BCUT2D eigenvalue weighted by Crippen LogP contribution is -2.33. The van der Waals surface area contributed by atoms with Crippen molar-refractivity contribution < 1.29 is 4.79 Å². The maximum atomic E-state index is 13.5. The highest BCUT2D eigenvalue weighted by Gasteiger charge is 2.42. The summed E-state index contributed by atoms with van der Waals surface area (Å²) in [5.74, 6) is 0.286. The van der Waals surface area contributed by atoms with Gasteiger partial charge in [0.05, 0.1) is 5.92 Å². The van der Waals surface area contributed by atoms with E-state index in [1.807, 2.05) is 0 Å². The van der Waals surface area contributed by atoms with E-state index in [1.165, 1.54) is 32.2 Å². The second-order valence-electron chi connectivity index (χ2n) is 9.59. The molecule has 1 atom stereocenters. The van der Waals surface area contributed by atoms with Crippen LogP contribution in [0.4, 0.5) is 5.69 Å². The minimum absolute atomic E-state index is 0.00494. The van der Waals surface area contributed by atoms with Crippen molar-refractivity contribution in [3.8, 4) is 0 Å². The van der Waals surface area contributed by atoms with Gasteiger partial charge in [-0.05, 0) is 54.0 Å².